The van der Waals surface area contributed by atoms with Crippen molar-refractivity contribution in [3.8, 4) is 0 Å². The number of aromatic nitrogens is 2. The van der Waals surface area contributed by atoms with Crippen LogP contribution in [0.1, 0.15) is 11.3 Å². The molecule has 0 saturated carbocycles. The van der Waals surface area contributed by atoms with E-state index in [0.717, 1.165) is 33.7 Å². The zero-order valence-corrected chi connectivity index (χ0v) is 15.2. The molecule has 0 unspecified atom stereocenters. The van der Waals surface area contributed by atoms with Crippen LogP contribution in [0.5, 0.6) is 0 Å². The molecular formula is C19H19ClN6. The highest BCUT2D eigenvalue weighted by molar-refractivity contribution is 6.31. The van der Waals surface area contributed by atoms with Gasteiger partial charge >= 0.3 is 0 Å². The van der Waals surface area contributed by atoms with Crippen LogP contribution in [0.2, 0.25) is 5.02 Å². The quantitative estimate of drug-likeness (QED) is 0.744. The first-order valence-electron chi connectivity index (χ1n) is 8.43. The van der Waals surface area contributed by atoms with Crippen molar-refractivity contribution in [2.45, 2.75) is 13.5 Å². The smallest absolute Gasteiger partial charge is 0.230 e. The number of guanidine groups is 1. The van der Waals surface area contributed by atoms with Crippen LogP contribution in [0.3, 0.4) is 0 Å². The van der Waals surface area contributed by atoms with E-state index in [2.05, 4.69) is 30.5 Å². The number of rotatable bonds is 3. The third-order valence-corrected chi connectivity index (χ3v) is 4.64. The van der Waals surface area contributed by atoms with Crippen LogP contribution in [0.25, 0.3) is 10.9 Å². The van der Waals surface area contributed by atoms with Crippen LogP contribution >= 0.6 is 11.6 Å². The maximum absolute atomic E-state index is 6.23. The van der Waals surface area contributed by atoms with Gasteiger partial charge in [-0.1, -0.05) is 48.0 Å². The van der Waals surface area contributed by atoms with E-state index >= 15 is 0 Å². The molecule has 0 radical (unpaired) electrons. The third-order valence-electron chi connectivity index (χ3n) is 4.27. The predicted molar refractivity (Wildman–Crippen MR) is 105 cm³/mol. The average Bonchev–Trinajstić information content (AvgIpc) is 2.65. The molecule has 4 rings (SSSR count). The summed E-state index contributed by atoms with van der Waals surface area (Å²) in [6.07, 6.45) is 0. The number of halogens is 1. The Hall–Kier alpha value is -2.70. The van der Waals surface area contributed by atoms with E-state index in [1.54, 1.807) is 0 Å². The SMILES string of the molecule is Cc1nc(NC2=NCN(Cc3ccccc3Cl)CN2)nc2ccccc12. The highest BCUT2D eigenvalue weighted by atomic mass is 35.5. The first-order valence-corrected chi connectivity index (χ1v) is 8.81. The number of hydrogen-bond acceptors (Lipinski definition) is 6. The Balaban J connectivity index is 1.44. The van der Waals surface area contributed by atoms with E-state index in [9.17, 15) is 0 Å². The van der Waals surface area contributed by atoms with Gasteiger partial charge in [-0.2, -0.15) is 0 Å². The molecule has 3 aromatic rings. The summed E-state index contributed by atoms with van der Waals surface area (Å²) < 4.78 is 0. The number of aryl methyl sites for hydroxylation is 1. The molecule has 0 fully saturated rings. The lowest BCUT2D eigenvalue weighted by molar-refractivity contribution is 0.257. The number of aliphatic imine (C=N–C) groups is 1. The van der Waals surface area contributed by atoms with Crippen LogP contribution in [0.4, 0.5) is 5.95 Å². The average molecular weight is 367 g/mol. The largest absolute Gasteiger partial charge is 0.343 e. The fourth-order valence-electron chi connectivity index (χ4n) is 2.92. The molecule has 6 nitrogen and oxygen atoms in total. The summed E-state index contributed by atoms with van der Waals surface area (Å²) in [4.78, 5) is 15.8. The second-order valence-corrected chi connectivity index (χ2v) is 6.59. The molecule has 2 N–H and O–H groups in total. The van der Waals surface area contributed by atoms with Gasteiger partial charge in [-0.15, -0.1) is 0 Å². The highest BCUT2D eigenvalue weighted by Crippen LogP contribution is 2.18. The van der Waals surface area contributed by atoms with Crippen LogP contribution < -0.4 is 10.6 Å². The second kappa shape index (κ2) is 7.27. The van der Waals surface area contributed by atoms with Gasteiger partial charge in [0.25, 0.3) is 0 Å². The van der Waals surface area contributed by atoms with E-state index in [1.165, 1.54) is 0 Å². The lowest BCUT2D eigenvalue weighted by Crippen LogP contribution is -2.45. The molecule has 2 heterocycles. The van der Waals surface area contributed by atoms with Crippen molar-refractivity contribution in [1.29, 1.82) is 0 Å². The Labute approximate surface area is 156 Å². The van der Waals surface area contributed by atoms with Gasteiger partial charge in [0.05, 0.1) is 24.5 Å². The topological polar surface area (TPSA) is 65.4 Å². The fraction of sp³-hybridized carbons (Fsp3) is 0.211. The first kappa shape index (κ1) is 16.8. The molecule has 1 aromatic heterocycles. The summed E-state index contributed by atoms with van der Waals surface area (Å²) in [6.45, 7) is 3.97. The van der Waals surface area contributed by atoms with Crippen molar-refractivity contribution in [3.63, 3.8) is 0 Å². The molecular weight excluding hydrogens is 348 g/mol. The molecule has 132 valence electrons. The van der Waals surface area contributed by atoms with Gasteiger partial charge in [-0.3, -0.25) is 10.2 Å². The van der Waals surface area contributed by atoms with Gasteiger partial charge in [0.2, 0.25) is 11.9 Å². The first-order chi connectivity index (χ1) is 12.7. The van der Waals surface area contributed by atoms with Gasteiger partial charge in [0, 0.05) is 17.0 Å². The molecule has 0 aliphatic carbocycles. The predicted octanol–water partition coefficient (Wildman–Crippen LogP) is 3.38. The van der Waals surface area contributed by atoms with Crippen molar-refractivity contribution in [2.75, 3.05) is 18.7 Å². The van der Waals surface area contributed by atoms with E-state index in [4.69, 9.17) is 11.6 Å². The Kier molecular flexibility index (Phi) is 4.69. The van der Waals surface area contributed by atoms with Gasteiger partial charge in [0.1, 0.15) is 0 Å². The molecule has 0 spiro atoms. The fourth-order valence-corrected chi connectivity index (χ4v) is 3.11. The lowest BCUT2D eigenvalue weighted by Gasteiger charge is -2.27. The maximum atomic E-state index is 6.23. The highest BCUT2D eigenvalue weighted by Gasteiger charge is 2.14. The Morgan fingerprint density at radius 3 is 2.73 bits per heavy atom. The molecule has 1 aliphatic heterocycles. The molecule has 0 amide bonds. The minimum absolute atomic E-state index is 0.548. The van der Waals surface area contributed by atoms with Crippen molar-refractivity contribution < 1.29 is 0 Å². The molecule has 1 aliphatic rings. The summed E-state index contributed by atoms with van der Waals surface area (Å²) in [5.74, 6) is 1.22. The van der Waals surface area contributed by atoms with Crippen LogP contribution in [0, 0.1) is 6.92 Å². The van der Waals surface area contributed by atoms with E-state index in [-0.39, 0.29) is 0 Å². The van der Waals surface area contributed by atoms with Crippen molar-refractivity contribution in [2.24, 2.45) is 4.99 Å². The summed E-state index contributed by atoms with van der Waals surface area (Å²) in [7, 11) is 0. The molecule has 26 heavy (non-hydrogen) atoms. The Morgan fingerprint density at radius 2 is 1.92 bits per heavy atom. The summed E-state index contributed by atoms with van der Waals surface area (Å²) >= 11 is 6.23. The summed E-state index contributed by atoms with van der Waals surface area (Å²) in [5, 5.41) is 8.28. The van der Waals surface area contributed by atoms with Gasteiger partial charge in [-0.05, 0) is 24.6 Å². The second-order valence-electron chi connectivity index (χ2n) is 6.18. The molecule has 7 heteroatoms. The van der Waals surface area contributed by atoms with Gasteiger partial charge < -0.3 is 5.32 Å². The maximum Gasteiger partial charge on any atom is 0.230 e. The zero-order chi connectivity index (χ0) is 17.9. The normalized spacial score (nSPS) is 14.8. The number of nitrogens with one attached hydrogen (secondary N) is 2. The minimum Gasteiger partial charge on any atom is -0.343 e. The van der Waals surface area contributed by atoms with E-state index < -0.39 is 0 Å². The van der Waals surface area contributed by atoms with Crippen molar-refractivity contribution >= 4 is 34.4 Å². The number of hydrogen-bond donors (Lipinski definition) is 2. The number of anilines is 1. The number of para-hydroxylation sites is 1. The standard InChI is InChI=1S/C19H19ClN6/c1-13-15-7-3-5-9-17(15)24-19(23-13)25-18-21-11-26(12-22-18)10-14-6-2-4-8-16(14)20/h2-9H,10-12H2,1H3,(H2,21,22,23,24,25). The zero-order valence-electron chi connectivity index (χ0n) is 14.4. The monoisotopic (exact) mass is 366 g/mol. The van der Waals surface area contributed by atoms with E-state index in [0.29, 0.717) is 25.2 Å². The number of benzene rings is 2. The summed E-state index contributed by atoms with van der Waals surface area (Å²) in [6, 6.07) is 15.8. The molecule has 2 aromatic carbocycles. The molecule has 0 saturated heterocycles. The number of fused-ring (bicyclic) bond motifs is 1. The van der Waals surface area contributed by atoms with Crippen molar-refractivity contribution in [3.05, 3.63) is 64.8 Å². The van der Waals surface area contributed by atoms with Gasteiger partial charge in [-0.25, -0.2) is 15.0 Å². The van der Waals surface area contributed by atoms with Crippen LogP contribution in [-0.2, 0) is 6.54 Å². The Morgan fingerprint density at radius 1 is 1.12 bits per heavy atom. The van der Waals surface area contributed by atoms with Crippen LogP contribution in [-0.4, -0.2) is 34.2 Å². The lowest BCUT2D eigenvalue weighted by atomic mass is 10.2. The summed E-state index contributed by atoms with van der Waals surface area (Å²) in [5.41, 5.74) is 2.95. The van der Waals surface area contributed by atoms with E-state index in [1.807, 2.05) is 55.5 Å². The third kappa shape index (κ3) is 3.61. The number of nitrogens with zero attached hydrogens (tertiary/aromatic N) is 4. The Bertz CT molecular complexity index is 971. The minimum atomic E-state index is 0.548. The van der Waals surface area contributed by atoms with Gasteiger partial charge in [0.15, 0.2) is 0 Å². The van der Waals surface area contributed by atoms with Crippen LogP contribution in [0.15, 0.2) is 53.5 Å². The molecule has 0 atom stereocenters. The van der Waals surface area contributed by atoms with Crippen molar-refractivity contribution in [1.82, 2.24) is 20.2 Å². The molecule has 0 bridgehead atoms.